The van der Waals surface area contributed by atoms with Gasteiger partial charge >= 0.3 is 0 Å². The number of sulfone groups is 1. The molecule has 0 aromatic heterocycles. The van der Waals surface area contributed by atoms with Crippen molar-refractivity contribution >= 4 is 21.4 Å². The van der Waals surface area contributed by atoms with E-state index in [1.54, 1.807) is 6.08 Å². The molecule has 0 bridgehead atoms. The Kier molecular flexibility index (Phi) is 3.33. The van der Waals surface area contributed by atoms with Gasteiger partial charge in [0.15, 0.2) is 9.84 Å². The molecule has 1 unspecified atom stereocenters. The molecule has 0 saturated carbocycles. The quantitative estimate of drug-likeness (QED) is 0.897. The Hall–Kier alpha value is -0.840. The molecule has 16 heavy (non-hydrogen) atoms. The third-order valence-corrected chi connectivity index (χ3v) is 4.06. The van der Waals surface area contributed by atoms with Crippen molar-refractivity contribution in [3.8, 4) is 0 Å². The summed E-state index contributed by atoms with van der Waals surface area (Å²) in [5.74, 6) is 0.153. The second-order valence-corrected chi connectivity index (χ2v) is 6.14. The number of halogens is 1. The van der Waals surface area contributed by atoms with Crippen molar-refractivity contribution in [3.05, 3.63) is 46.3 Å². The van der Waals surface area contributed by atoms with Gasteiger partial charge in [0.2, 0.25) is 0 Å². The van der Waals surface area contributed by atoms with Crippen molar-refractivity contribution in [1.29, 1.82) is 0 Å². The number of hydrogen-bond donors (Lipinski definition) is 1. The Morgan fingerprint density at radius 1 is 1.31 bits per heavy atom. The summed E-state index contributed by atoms with van der Waals surface area (Å²) in [5.41, 5.74) is 1.09. The fraction of sp³-hybridized carbons (Fsp3) is 0.273. The van der Waals surface area contributed by atoms with Crippen LogP contribution in [0.3, 0.4) is 0 Å². The van der Waals surface area contributed by atoms with Crippen molar-refractivity contribution in [2.45, 2.75) is 12.6 Å². The monoisotopic (exact) mass is 257 g/mol. The standard InChI is InChI=1S/C11H12ClNO2S/c12-10-3-1-9(2-4-10)7-13-11-5-6-16(14,15)8-11/h1-6,11,13H,7-8H2. The van der Waals surface area contributed by atoms with E-state index in [1.807, 2.05) is 24.3 Å². The third kappa shape index (κ3) is 3.07. The maximum absolute atomic E-state index is 11.2. The van der Waals surface area contributed by atoms with E-state index in [-0.39, 0.29) is 11.8 Å². The molecule has 5 heteroatoms. The first kappa shape index (κ1) is 11.6. The van der Waals surface area contributed by atoms with Gasteiger partial charge in [0.1, 0.15) is 0 Å². The first-order chi connectivity index (χ1) is 7.55. The lowest BCUT2D eigenvalue weighted by atomic mass is 10.2. The molecule has 3 nitrogen and oxygen atoms in total. The maximum Gasteiger partial charge on any atom is 0.173 e. The van der Waals surface area contributed by atoms with E-state index in [9.17, 15) is 8.42 Å². The Bertz CT molecular complexity index is 493. The molecule has 1 aliphatic heterocycles. The second-order valence-electron chi connectivity index (χ2n) is 3.77. The fourth-order valence-electron chi connectivity index (χ4n) is 1.55. The van der Waals surface area contributed by atoms with Crippen LogP contribution in [0.4, 0.5) is 0 Å². The van der Waals surface area contributed by atoms with Crippen LogP contribution in [0.2, 0.25) is 5.02 Å². The van der Waals surface area contributed by atoms with Crippen LogP contribution < -0.4 is 5.32 Å². The highest BCUT2D eigenvalue weighted by atomic mass is 35.5. The first-order valence-electron chi connectivity index (χ1n) is 4.94. The zero-order valence-corrected chi connectivity index (χ0v) is 10.1. The summed E-state index contributed by atoms with van der Waals surface area (Å²) < 4.78 is 22.3. The third-order valence-electron chi connectivity index (χ3n) is 2.41. The van der Waals surface area contributed by atoms with E-state index in [0.29, 0.717) is 11.6 Å². The number of rotatable bonds is 3. The Labute approximate surface area is 100 Å². The molecule has 1 aromatic rings. The minimum Gasteiger partial charge on any atom is -0.305 e. The van der Waals surface area contributed by atoms with Gasteiger partial charge in [-0.25, -0.2) is 8.42 Å². The molecule has 1 N–H and O–H groups in total. The summed E-state index contributed by atoms with van der Waals surface area (Å²) >= 11 is 5.77. The highest BCUT2D eigenvalue weighted by Crippen LogP contribution is 2.11. The molecule has 0 saturated heterocycles. The predicted molar refractivity (Wildman–Crippen MR) is 65.0 cm³/mol. The molecule has 0 spiro atoms. The summed E-state index contributed by atoms with van der Waals surface area (Å²) in [6.45, 7) is 0.641. The lowest BCUT2D eigenvalue weighted by molar-refractivity contribution is 0.590. The second kappa shape index (κ2) is 4.57. The van der Waals surface area contributed by atoms with Crippen molar-refractivity contribution in [2.24, 2.45) is 0 Å². The van der Waals surface area contributed by atoms with Crippen LogP contribution in [0, 0.1) is 0 Å². The molecule has 0 amide bonds. The number of nitrogens with one attached hydrogen (secondary N) is 1. The molecule has 2 rings (SSSR count). The van der Waals surface area contributed by atoms with Crippen LogP contribution in [-0.2, 0) is 16.4 Å². The van der Waals surface area contributed by atoms with Crippen LogP contribution in [0.5, 0.6) is 0 Å². The summed E-state index contributed by atoms with van der Waals surface area (Å²) in [4.78, 5) is 0. The van der Waals surface area contributed by atoms with Gasteiger partial charge in [-0.1, -0.05) is 29.8 Å². The van der Waals surface area contributed by atoms with E-state index >= 15 is 0 Å². The molecule has 0 aliphatic carbocycles. The zero-order valence-electron chi connectivity index (χ0n) is 8.56. The SMILES string of the molecule is O=S1(=O)C=CC(NCc2ccc(Cl)cc2)C1. The van der Waals surface area contributed by atoms with Gasteiger partial charge in [-0.2, -0.15) is 0 Å². The van der Waals surface area contributed by atoms with Gasteiger partial charge < -0.3 is 5.32 Å². The molecule has 0 fully saturated rings. The average molecular weight is 258 g/mol. The predicted octanol–water partition coefficient (Wildman–Crippen LogP) is 1.74. The van der Waals surface area contributed by atoms with E-state index < -0.39 is 9.84 Å². The van der Waals surface area contributed by atoms with E-state index in [4.69, 9.17) is 11.6 Å². The van der Waals surface area contributed by atoms with E-state index in [1.165, 1.54) is 5.41 Å². The van der Waals surface area contributed by atoms with Crippen molar-refractivity contribution in [1.82, 2.24) is 5.32 Å². The Morgan fingerprint density at radius 3 is 2.56 bits per heavy atom. The molecule has 0 radical (unpaired) electrons. The largest absolute Gasteiger partial charge is 0.305 e. The smallest absolute Gasteiger partial charge is 0.173 e. The molecular formula is C11H12ClNO2S. The maximum atomic E-state index is 11.2. The van der Waals surface area contributed by atoms with E-state index in [0.717, 1.165) is 5.56 Å². The van der Waals surface area contributed by atoms with Gasteiger partial charge in [0.05, 0.1) is 5.75 Å². The van der Waals surface area contributed by atoms with Crippen molar-refractivity contribution < 1.29 is 8.42 Å². The van der Waals surface area contributed by atoms with Gasteiger partial charge in [-0.3, -0.25) is 0 Å². The molecular weight excluding hydrogens is 246 g/mol. The average Bonchev–Trinajstić information content (AvgIpc) is 2.58. The molecule has 1 aromatic carbocycles. The van der Waals surface area contributed by atoms with Gasteiger partial charge in [-0.15, -0.1) is 0 Å². The number of hydrogen-bond acceptors (Lipinski definition) is 3. The molecule has 1 heterocycles. The molecule has 1 aliphatic rings. The van der Waals surface area contributed by atoms with Gasteiger partial charge in [-0.05, 0) is 17.7 Å². The minimum atomic E-state index is -2.97. The fourth-order valence-corrected chi connectivity index (χ4v) is 2.95. The minimum absolute atomic E-state index is 0.0827. The van der Waals surface area contributed by atoms with Crippen LogP contribution in [-0.4, -0.2) is 20.2 Å². The van der Waals surface area contributed by atoms with Crippen molar-refractivity contribution in [3.63, 3.8) is 0 Å². The molecule has 1 atom stereocenters. The highest BCUT2D eigenvalue weighted by Gasteiger charge is 2.20. The van der Waals surface area contributed by atoms with Gasteiger partial charge in [0, 0.05) is 23.0 Å². The highest BCUT2D eigenvalue weighted by molar-refractivity contribution is 7.94. The van der Waals surface area contributed by atoms with Crippen molar-refractivity contribution in [2.75, 3.05) is 5.75 Å². The first-order valence-corrected chi connectivity index (χ1v) is 7.03. The van der Waals surface area contributed by atoms with Crippen LogP contribution in [0.15, 0.2) is 35.7 Å². The number of benzene rings is 1. The normalized spacial score (nSPS) is 22.4. The van der Waals surface area contributed by atoms with Crippen LogP contribution in [0.1, 0.15) is 5.56 Å². The van der Waals surface area contributed by atoms with Crippen LogP contribution >= 0.6 is 11.6 Å². The van der Waals surface area contributed by atoms with E-state index in [2.05, 4.69) is 5.32 Å². The summed E-state index contributed by atoms with van der Waals surface area (Å²) in [6.07, 6.45) is 1.69. The summed E-state index contributed by atoms with van der Waals surface area (Å²) in [6, 6.07) is 7.39. The summed E-state index contributed by atoms with van der Waals surface area (Å²) in [7, 11) is -2.97. The van der Waals surface area contributed by atoms with Crippen LogP contribution in [0.25, 0.3) is 0 Å². The summed E-state index contributed by atoms with van der Waals surface area (Å²) in [5, 5.41) is 5.14. The lowest BCUT2D eigenvalue weighted by Crippen LogP contribution is -2.29. The lowest BCUT2D eigenvalue weighted by Gasteiger charge is -2.09. The molecule has 86 valence electrons. The van der Waals surface area contributed by atoms with Gasteiger partial charge in [0.25, 0.3) is 0 Å². The Morgan fingerprint density at radius 2 is 2.00 bits per heavy atom. The Balaban J connectivity index is 1.89. The zero-order chi connectivity index (χ0) is 11.6. The topological polar surface area (TPSA) is 46.2 Å².